The van der Waals surface area contributed by atoms with Gasteiger partial charge < -0.3 is 15.5 Å². The van der Waals surface area contributed by atoms with Gasteiger partial charge in [0.1, 0.15) is 5.75 Å². The molecule has 3 rings (SSSR count). The van der Waals surface area contributed by atoms with Crippen LogP contribution in [0.3, 0.4) is 0 Å². The predicted octanol–water partition coefficient (Wildman–Crippen LogP) is 7.31. The minimum absolute atomic E-state index is 0.0900. The largest absolute Gasteiger partial charge is 0.508 e. The van der Waals surface area contributed by atoms with E-state index in [-0.39, 0.29) is 5.54 Å². The van der Waals surface area contributed by atoms with E-state index in [1.165, 1.54) is 5.56 Å². The van der Waals surface area contributed by atoms with Crippen LogP contribution >= 0.6 is 11.8 Å². The predicted molar refractivity (Wildman–Crippen MR) is 138 cm³/mol. The summed E-state index contributed by atoms with van der Waals surface area (Å²) in [6, 6.07) is 3.92. The number of fused-ring (bicyclic) bond motifs is 2. The molecule has 2 aliphatic rings. The van der Waals surface area contributed by atoms with Gasteiger partial charge in [-0.05, 0) is 94.5 Å². The molecule has 0 aromatic heterocycles. The summed E-state index contributed by atoms with van der Waals surface area (Å²) in [5.41, 5.74) is 4.13. The Labute approximate surface area is 194 Å². The maximum atomic E-state index is 10.2. The fourth-order valence-corrected chi connectivity index (χ4v) is 5.30. The minimum Gasteiger partial charge on any atom is -0.508 e. The number of phenols is 1. The van der Waals surface area contributed by atoms with Crippen LogP contribution in [0.5, 0.6) is 5.75 Å². The number of hydrogen-bond acceptors (Lipinski definition) is 4. The van der Waals surface area contributed by atoms with Crippen molar-refractivity contribution in [3.63, 3.8) is 0 Å². The van der Waals surface area contributed by atoms with Crippen molar-refractivity contribution < 1.29 is 10.2 Å². The summed E-state index contributed by atoms with van der Waals surface area (Å²) in [5.74, 6) is 0.418. The molecule has 0 heterocycles. The van der Waals surface area contributed by atoms with E-state index in [1.807, 2.05) is 41.5 Å². The molecule has 31 heavy (non-hydrogen) atoms. The summed E-state index contributed by atoms with van der Waals surface area (Å²) in [7, 11) is 0. The molecule has 0 unspecified atom stereocenters. The fourth-order valence-electron chi connectivity index (χ4n) is 4.47. The van der Waals surface area contributed by atoms with E-state index in [4.69, 9.17) is 0 Å². The van der Waals surface area contributed by atoms with Crippen molar-refractivity contribution in [3.8, 4) is 5.75 Å². The molecule has 2 bridgehead atoms. The smallest absolute Gasteiger partial charge is 0.119 e. The molecular formula is C27H43NO2S. The van der Waals surface area contributed by atoms with Crippen molar-refractivity contribution >= 4 is 11.8 Å². The van der Waals surface area contributed by atoms with E-state index in [0.717, 1.165) is 65.2 Å². The van der Waals surface area contributed by atoms with Gasteiger partial charge in [-0.2, -0.15) is 0 Å². The first-order chi connectivity index (χ1) is 14.5. The maximum Gasteiger partial charge on any atom is 0.119 e. The Morgan fingerprint density at radius 3 is 2.16 bits per heavy atom. The van der Waals surface area contributed by atoms with Crippen molar-refractivity contribution in [2.45, 2.75) is 98.1 Å². The Kier molecular flexibility index (Phi) is 10.4. The number of aryl methyl sites for hydroxylation is 2. The van der Waals surface area contributed by atoms with Crippen molar-refractivity contribution in [2.24, 2.45) is 0 Å². The third-order valence-electron chi connectivity index (χ3n) is 6.14. The Bertz CT molecular complexity index is 802. The molecule has 0 spiro atoms. The first-order valence-corrected chi connectivity index (χ1v) is 12.3. The molecule has 1 aromatic rings. The SMILES string of the molecule is C=C(NC12CCC(O)(CC1)C2)S/C(=C/C)C(=C)C.CC.CCc1cc(C)cc(O)c1C. The third-order valence-corrected chi connectivity index (χ3v) is 7.29. The van der Waals surface area contributed by atoms with Gasteiger partial charge in [0.25, 0.3) is 0 Å². The second-order valence-corrected chi connectivity index (χ2v) is 9.82. The Hall–Kier alpha value is -1.65. The Morgan fingerprint density at radius 2 is 1.74 bits per heavy atom. The van der Waals surface area contributed by atoms with Gasteiger partial charge in [0, 0.05) is 10.4 Å². The van der Waals surface area contributed by atoms with Crippen LogP contribution in [0.2, 0.25) is 0 Å². The molecule has 4 heteroatoms. The Morgan fingerprint density at radius 1 is 1.16 bits per heavy atom. The van der Waals surface area contributed by atoms with E-state index in [2.05, 4.69) is 37.5 Å². The Balaban J connectivity index is 0.000000317. The molecule has 0 saturated heterocycles. The minimum atomic E-state index is -0.407. The standard InChI is InChI=1S/C15H23NOS.C10H14O.C2H6/c1-5-13(11(2)3)18-12(4)16-14-6-8-15(17,10-14)9-7-14;1-4-9-5-7(2)6-10(11)8(9)3;1-2/h5,16-17H,2,4,6-10H2,1,3H3;5-6,11H,4H2,1-3H3;1-2H3/b13-5+;;. The molecule has 2 saturated carbocycles. The number of hydrogen-bond donors (Lipinski definition) is 3. The first kappa shape index (κ1) is 27.4. The van der Waals surface area contributed by atoms with Gasteiger partial charge in [0.05, 0.1) is 10.6 Å². The van der Waals surface area contributed by atoms with Gasteiger partial charge in [-0.15, -0.1) is 0 Å². The number of benzene rings is 1. The summed E-state index contributed by atoms with van der Waals surface area (Å²) in [6.45, 7) is 22.2. The van der Waals surface area contributed by atoms with E-state index in [9.17, 15) is 10.2 Å². The summed E-state index contributed by atoms with van der Waals surface area (Å²) in [6.07, 6.45) is 7.89. The van der Waals surface area contributed by atoms with Gasteiger partial charge in [-0.25, -0.2) is 0 Å². The summed E-state index contributed by atoms with van der Waals surface area (Å²) in [5, 5.41) is 24.2. The maximum absolute atomic E-state index is 10.2. The van der Waals surface area contributed by atoms with E-state index >= 15 is 0 Å². The van der Waals surface area contributed by atoms with Gasteiger partial charge in [-0.3, -0.25) is 0 Å². The zero-order valence-corrected chi connectivity index (χ0v) is 21.5. The van der Waals surface area contributed by atoms with Crippen LogP contribution in [-0.4, -0.2) is 21.4 Å². The summed E-state index contributed by atoms with van der Waals surface area (Å²) >= 11 is 1.65. The molecule has 0 aliphatic heterocycles. The average Bonchev–Trinajstić information content (AvgIpc) is 3.23. The van der Waals surface area contributed by atoms with Crippen LogP contribution in [0.15, 0.2) is 46.9 Å². The molecule has 0 radical (unpaired) electrons. The van der Waals surface area contributed by atoms with Crippen molar-refractivity contribution in [1.29, 1.82) is 0 Å². The monoisotopic (exact) mass is 445 g/mol. The number of nitrogens with one attached hydrogen (secondary N) is 1. The topological polar surface area (TPSA) is 52.5 Å². The van der Waals surface area contributed by atoms with Gasteiger partial charge in [0.2, 0.25) is 0 Å². The van der Waals surface area contributed by atoms with Crippen LogP contribution in [-0.2, 0) is 6.42 Å². The van der Waals surface area contributed by atoms with E-state index in [1.54, 1.807) is 17.8 Å². The van der Waals surface area contributed by atoms with Crippen LogP contribution < -0.4 is 5.32 Å². The van der Waals surface area contributed by atoms with Gasteiger partial charge in [0.15, 0.2) is 0 Å². The lowest BCUT2D eigenvalue weighted by Crippen LogP contribution is -2.39. The lowest BCUT2D eigenvalue weighted by Gasteiger charge is -2.30. The van der Waals surface area contributed by atoms with Crippen molar-refractivity contribution in [2.75, 3.05) is 0 Å². The average molecular weight is 446 g/mol. The summed E-state index contributed by atoms with van der Waals surface area (Å²) < 4.78 is 0. The molecular weight excluding hydrogens is 402 g/mol. The molecule has 0 amide bonds. The molecule has 3 N–H and O–H groups in total. The lowest BCUT2D eigenvalue weighted by molar-refractivity contribution is 0.0521. The normalized spacial score (nSPS) is 23.9. The molecule has 174 valence electrons. The highest BCUT2D eigenvalue weighted by Gasteiger charge is 2.53. The zero-order chi connectivity index (χ0) is 23.8. The highest BCUT2D eigenvalue weighted by molar-refractivity contribution is 8.06. The second-order valence-electron chi connectivity index (χ2n) is 8.69. The lowest BCUT2D eigenvalue weighted by atomic mass is 9.93. The number of phenolic OH excluding ortho intramolecular Hbond substituents is 1. The summed E-state index contributed by atoms with van der Waals surface area (Å²) in [4.78, 5) is 1.16. The van der Waals surface area contributed by atoms with Crippen molar-refractivity contribution in [1.82, 2.24) is 5.32 Å². The number of aromatic hydroxyl groups is 1. The molecule has 3 nitrogen and oxygen atoms in total. The first-order valence-electron chi connectivity index (χ1n) is 11.5. The highest BCUT2D eigenvalue weighted by Crippen LogP contribution is 2.51. The number of rotatable bonds is 6. The van der Waals surface area contributed by atoms with E-state index < -0.39 is 5.60 Å². The van der Waals surface area contributed by atoms with Crippen LogP contribution in [0.1, 0.15) is 83.4 Å². The van der Waals surface area contributed by atoms with Crippen LogP contribution in [0, 0.1) is 13.8 Å². The van der Waals surface area contributed by atoms with Crippen LogP contribution in [0.4, 0.5) is 0 Å². The fraction of sp³-hybridized carbons (Fsp3) is 0.556. The van der Waals surface area contributed by atoms with E-state index in [0.29, 0.717) is 5.75 Å². The molecule has 0 atom stereocenters. The molecule has 2 aliphatic carbocycles. The molecule has 1 aromatic carbocycles. The highest BCUT2D eigenvalue weighted by atomic mass is 32.2. The molecule has 2 fully saturated rings. The number of thioether (sulfide) groups is 1. The second kappa shape index (κ2) is 11.8. The quantitative estimate of drug-likeness (QED) is 0.402. The third kappa shape index (κ3) is 7.47. The number of aliphatic hydroxyl groups is 1. The zero-order valence-electron chi connectivity index (χ0n) is 20.7. The van der Waals surface area contributed by atoms with Gasteiger partial charge >= 0.3 is 0 Å². The van der Waals surface area contributed by atoms with Gasteiger partial charge in [-0.1, -0.05) is 57.8 Å². The van der Waals surface area contributed by atoms with Crippen LogP contribution in [0.25, 0.3) is 0 Å². The van der Waals surface area contributed by atoms with Crippen molar-refractivity contribution in [3.05, 3.63) is 63.6 Å². The number of allylic oxidation sites excluding steroid dienone is 2.